The molecule has 1 nitrogen and oxygen atoms in total. The van der Waals surface area contributed by atoms with Crippen molar-refractivity contribution in [2.45, 2.75) is 44.9 Å². The second-order valence-corrected chi connectivity index (χ2v) is 9.27. The lowest BCUT2D eigenvalue weighted by Crippen LogP contribution is -2.33. The third-order valence-corrected chi connectivity index (χ3v) is 2.83. The van der Waals surface area contributed by atoms with Crippen LogP contribution in [-0.4, -0.2) is 20.7 Å². The Morgan fingerprint density at radius 1 is 1.25 bits per heavy atom. The third-order valence-electron chi connectivity index (χ3n) is 1.93. The summed E-state index contributed by atoms with van der Waals surface area (Å²) in [6.07, 6.45) is 3.92. The van der Waals surface area contributed by atoms with Gasteiger partial charge in [-0.2, -0.15) is 0 Å². The maximum atomic E-state index is 3.44. The number of piperidine rings is 1. The molecule has 0 spiro atoms. The van der Waals surface area contributed by atoms with Gasteiger partial charge in [0.05, 0.1) is 6.04 Å². The van der Waals surface area contributed by atoms with E-state index < -0.39 is 8.07 Å². The minimum Gasteiger partial charge on any atom is -0.304 e. The van der Waals surface area contributed by atoms with Gasteiger partial charge in [-0.3, -0.25) is 0 Å². The van der Waals surface area contributed by atoms with Crippen LogP contribution in [0.25, 0.3) is 0 Å². The summed E-state index contributed by atoms with van der Waals surface area (Å²) >= 11 is 0. The summed E-state index contributed by atoms with van der Waals surface area (Å²) in [5.74, 6) is 3.36. The van der Waals surface area contributed by atoms with Crippen LogP contribution in [0.3, 0.4) is 0 Å². The van der Waals surface area contributed by atoms with E-state index >= 15 is 0 Å². The van der Waals surface area contributed by atoms with Crippen molar-refractivity contribution in [3.05, 3.63) is 0 Å². The molecule has 1 saturated heterocycles. The maximum absolute atomic E-state index is 3.44. The van der Waals surface area contributed by atoms with Gasteiger partial charge in [0, 0.05) is 0 Å². The monoisotopic (exact) mass is 181 g/mol. The van der Waals surface area contributed by atoms with Gasteiger partial charge < -0.3 is 5.32 Å². The maximum Gasteiger partial charge on any atom is 0.129 e. The van der Waals surface area contributed by atoms with Gasteiger partial charge in [0.15, 0.2) is 0 Å². The van der Waals surface area contributed by atoms with Crippen LogP contribution in [0.15, 0.2) is 0 Å². The fraction of sp³-hybridized carbons (Fsp3) is 0.800. The highest BCUT2D eigenvalue weighted by Gasteiger charge is 2.11. The lowest BCUT2D eigenvalue weighted by molar-refractivity contribution is 0.464. The number of nitrogens with one attached hydrogen (secondary N) is 1. The lowest BCUT2D eigenvalue weighted by atomic mass is 10.1. The van der Waals surface area contributed by atoms with Crippen molar-refractivity contribution in [2.75, 3.05) is 6.54 Å². The van der Waals surface area contributed by atoms with E-state index in [1.807, 2.05) is 0 Å². The van der Waals surface area contributed by atoms with Crippen LogP contribution >= 0.6 is 0 Å². The van der Waals surface area contributed by atoms with Gasteiger partial charge in [0.25, 0.3) is 0 Å². The number of rotatable bonds is 0. The highest BCUT2D eigenvalue weighted by Crippen LogP contribution is 2.06. The van der Waals surface area contributed by atoms with Crippen molar-refractivity contribution in [3.63, 3.8) is 0 Å². The van der Waals surface area contributed by atoms with Crippen LogP contribution in [0.2, 0.25) is 19.6 Å². The van der Waals surface area contributed by atoms with Crippen molar-refractivity contribution in [1.29, 1.82) is 0 Å². The fourth-order valence-corrected chi connectivity index (χ4v) is 1.89. The zero-order chi connectivity index (χ0) is 9.03. The van der Waals surface area contributed by atoms with Crippen molar-refractivity contribution < 1.29 is 0 Å². The Balaban J connectivity index is 2.41. The van der Waals surface area contributed by atoms with E-state index in [4.69, 9.17) is 0 Å². The molecule has 0 bridgehead atoms. The highest BCUT2D eigenvalue weighted by atomic mass is 28.3. The summed E-state index contributed by atoms with van der Waals surface area (Å²) in [7, 11) is -1.14. The van der Waals surface area contributed by atoms with E-state index in [2.05, 4.69) is 36.4 Å². The highest BCUT2D eigenvalue weighted by molar-refractivity contribution is 6.83. The van der Waals surface area contributed by atoms with Gasteiger partial charge in [-0.15, -0.1) is 5.54 Å². The van der Waals surface area contributed by atoms with E-state index in [1.54, 1.807) is 0 Å². The number of hydrogen-bond acceptors (Lipinski definition) is 1. The largest absolute Gasteiger partial charge is 0.304 e. The van der Waals surface area contributed by atoms with E-state index in [0.29, 0.717) is 6.04 Å². The average Bonchev–Trinajstić information content (AvgIpc) is 2.02. The zero-order valence-electron chi connectivity index (χ0n) is 8.41. The molecule has 1 rings (SSSR count). The fourth-order valence-electron chi connectivity index (χ4n) is 1.28. The van der Waals surface area contributed by atoms with Gasteiger partial charge in [0.2, 0.25) is 0 Å². The molecule has 0 saturated carbocycles. The standard InChI is InChI=1S/C10H19NSi/c1-12(2,3)9-7-10-6-4-5-8-11-10/h10-11H,4-6,8H2,1-3H3/t10-/m1/s1. The normalized spacial score (nSPS) is 24.4. The van der Waals surface area contributed by atoms with Crippen molar-refractivity contribution in [3.8, 4) is 11.5 Å². The summed E-state index contributed by atoms with van der Waals surface area (Å²) in [6.45, 7) is 8.04. The Labute approximate surface area is 76.9 Å². The molecule has 12 heavy (non-hydrogen) atoms. The molecular weight excluding hydrogens is 162 g/mol. The molecule has 68 valence electrons. The summed E-state index contributed by atoms with van der Waals surface area (Å²) in [6, 6.07) is 0.491. The Morgan fingerprint density at radius 3 is 2.50 bits per heavy atom. The molecular formula is C10H19NSi. The molecule has 1 aliphatic heterocycles. The first kappa shape index (κ1) is 9.82. The summed E-state index contributed by atoms with van der Waals surface area (Å²) in [4.78, 5) is 0. The number of hydrogen-bond donors (Lipinski definition) is 1. The summed E-state index contributed by atoms with van der Waals surface area (Å²) in [5, 5.41) is 3.44. The Kier molecular flexibility index (Phi) is 3.36. The predicted molar refractivity (Wildman–Crippen MR) is 56.8 cm³/mol. The van der Waals surface area contributed by atoms with Crippen LogP contribution in [0.5, 0.6) is 0 Å². The molecule has 0 aromatic rings. The van der Waals surface area contributed by atoms with E-state index in [1.165, 1.54) is 19.3 Å². The quantitative estimate of drug-likeness (QED) is 0.445. The average molecular weight is 181 g/mol. The van der Waals surface area contributed by atoms with Crippen LogP contribution in [0.1, 0.15) is 19.3 Å². The first-order chi connectivity index (χ1) is 5.58. The third kappa shape index (κ3) is 3.94. The molecule has 0 aromatic heterocycles. The Bertz CT molecular complexity index is 188. The van der Waals surface area contributed by atoms with Gasteiger partial charge in [-0.05, 0) is 25.8 Å². The summed E-state index contributed by atoms with van der Waals surface area (Å²) < 4.78 is 0. The minimum atomic E-state index is -1.14. The van der Waals surface area contributed by atoms with Gasteiger partial charge in [0.1, 0.15) is 8.07 Å². The van der Waals surface area contributed by atoms with Crippen LogP contribution in [0.4, 0.5) is 0 Å². The SMILES string of the molecule is C[Si](C)(C)C#C[C@H]1CCCCN1. The molecule has 1 heterocycles. The second kappa shape index (κ2) is 4.11. The second-order valence-electron chi connectivity index (χ2n) is 4.52. The topological polar surface area (TPSA) is 12.0 Å². The molecule has 2 heteroatoms. The smallest absolute Gasteiger partial charge is 0.129 e. The molecule has 1 aliphatic rings. The van der Waals surface area contributed by atoms with E-state index in [0.717, 1.165) is 6.54 Å². The van der Waals surface area contributed by atoms with Gasteiger partial charge in [-0.1, -0.05) is 25.6 Å². The molecule has 0 aliphatic carbocycles. The van der Waals surface area contributed by atoms with Crippen molar-refractivity contribution in [2.24, 2.45) is 0 Å². The van der Waals surface area contributed by atoms with Crippen LogP contribution in [-0.2, 0) is 0 Å². The molecule has 1 fully saturated rings. The van der Waals surface area contributed by atoms with Gasteiger partial charge >= 0.3 is 0 Å². The van der Waals surface area contributed by atoms with Gasteiger partial charge in [-0.25, -0.2) is 0 Å². The van der Waals surface area contributed by atoms with Crippen LogP contribution in [0, 0.1) is 11.5 Å². The first-order valence-corrected chi connectivity index (χ1v) is 8.34. The Hall–Kier alpha value is -0.263. The Morgan fingerprint density at radius 2 is 2.00 bits per heavy atom. The molecule has 0 amide bonds. The first-order valence-electron chi connectivity index (χ1n) is 4.84. The minimum absolute atomic E-state index is 0.491. The van der Waals surface area contributed by atoms with E-state index in [-0.39, 0.29) is 0 Å². The van der Waals surface area contributed by atoms with Crippen LogP contribution < -0.4 is 5.32 Å². The summed E-state index contributed by atoms with van der Waals surface area (Å²) in [5.41, 5.74) is 3.42. The predicted octanol–water partition coefficient (Wildman–Crippen LogP) is 2.01. The molecule has 0 radical (unpaired) electrons. The molecule has 0 unspecified atom stereocenters. The molecule has 1 atom stereocenters. The van der Waals surface area contributed by atoms with Crippen molar-refractivity contribution >= 4 is 8.07 Å². The molecule has 1 N–H and O–H groups in total. The zero-order valence-corrected chi connectivity index (χ0v) is 9.41. The lowest BCUT2D eigenvalue weighted by Gasteiger charge is -2.18. The molecule has 0 aromatic carbocycles. The van der Waals surface area contributed by atoms with Crippen molar-refractivity contribution in [1.82, 2.24) is 5.32 Å². The van der Waals surface area contributed by atoms with E-state index in [9.17, 15) is 0 Å².